The lowest BCUT2D eigenvalue weighted by molar-refractivity contribution is 0.0759. The van der Waals surface area contributed by atoms with Crippen LogP contribution in [-0.2, 0) is 0 Å². The molecule has 88 valence electrons. The summed E-state index contributed by atoms with van der Waals surface area (Å²) in [6.45, 7) is 1.64. The van der Waals surface area contributed by atoms with E-state index in [2.05, 4.69) is 0 Å². The number of hydrogen-bond donors (Lipinski definition) is 2. The van der Waals surface area contributed by atoms with Crippen LogP contribution in [0.15, 0.2) is 12.1 Å². The minimum Gasteiger partial charge on any atom is -0.496 e. The molecule has 0 spiro atoms. The van der Waals surface area contributed by atoms with Crippen LogP contribution in [0.3, 0.4) is 0 Å². The van der Waals surface area contributed by atoms with Gasteiger partial charge in [0.15, 0.2) is 5.78 Å². The number of rotatable bonds is 4. The number of nitrogens with two attached hydrogens (primary N) is 1. The number of hydrogen-bond acceptors (Lipinski definition) is 4. The summed E-state index contributed by atoms with van der Waals surface area (Å²) in [5.41, 5.74) is 6.23. The number of aryl methyl sites for hydroxylation is 1. The summed E-state index contributed by atoms with van der Waals surface area (Å²) in [6.07, 6.45) is -1.23. The molecular formula is C11H14ClNO3. The van der Waals surface area contributed by atoms with Crippen molar-refractivity contribution in [3.63, 3.8) is 0 Å². The van der Waals surface area contributed by atoms with Crippen molar-refractivity contribution in [1.82, 2.24) is 0 Å². The number of Topliss-reactive ketones (excluding diaryl/α,β-unsaturated/α-hetero) is 1. The van der Waals surface area contributed by atoms with E-state index in [1.807, 2.05) is 0 Å². The minimum atomic E-state index is -1.23. The van der Waals surface area contributed by atoms with Gasteiger partial charge >= 0.3 is 0 Å². The molecule has 0 aliphatic rings. The first-order valence-corrected chi connectivity index (χ1v) is 5.15. The van der Waals surface area contributed by atoms with Crippen LogP contribution < -0.4 is 10.5 Å². The average molecular weight is 244 g/mol. The number of aliphatic hydroxyl groups excluding tert-OH is 1. The molecule has 0 bridgehead atoms. The van der Waals surface area contributed by atoms with E-state index in [1.54, 1.807) is 13.0 Å². The van der Waals surface area contributed by atoms with Crippen molar-refractivity contribution in [3.8, 4) is 5.75 Å². The van der Waals surface area contributed by atoms with Crippen LogP contribution in [0.1, 0.15) is 15.9 Å². The van der Waals surface area contributed by atoms with Gasteiger partial charge in [-0.15, -0.1) is 0 Å². The molecule has 1 atom stereocenters. The van der Waals surface area contributed by atoms with E-state index in [4.69, 9.17) is 22.1 Å². The smallest absolute Gasteiger partial charge is 0.196 e. The number of ether oxygens (including phenoxy) is 1. The molecule has 16 heavy (non-hydrogen) atoms. The van der Waals surface area contributed by atoms with Crippen LogP contribution in [0.2, 0.25) is 5.02 Å². The summed E-state index contributed by atoms with van der Waals surface area (Å²) in [5, 5.41) is 9.83. The number of aliphatic hydroxyl groups is 1. The van der Waals surface area contributed by atoms with Crippen molar-refractivity contribution in [3.05, 3.63) is 28.3 Å². The normalized spacial score (nSPS) is 12.3. The summed E-state index contributed by atoms with van der Waals surface area (Å²) in [4.78, 5) is 11.8. The summed E-state index contributed by atoms with van der Waals surface area (Å²) < 4.78 is 5.12. The highest BCUT2D eigenvalue weighted by atomic mass is 35.5. The Bertz CT molecular complexity index is 406. The van der Waals surface area contributed by atoms with E-state index in [1.165, 1.54) is 13.2 Å². The van der Waals surface area contributed by atoms with Crippen molar-refractivity contribution >= 4 is 17.4 Å². The van der Waals surface area contributed by atoms with Crippen LogP contribution in [0, 0.1) is 6.92 Å². The predicted octanol–water partition coefficient (Wildman–Crippen LogP) is 1.16. The molecule has 0 radical (unpaired) electrons. The fraction of sp³-hybridized carbons (Fsp3) is 0.364. The number of methoxy groups -OCH3 is 1. The number of ketones is 1. The first kappa shape index (κ1) is 13.0. The van der Waals surface area contributed by atoms with Gasteiger partial charge in [0.2, 0.25) is 0 Å². The maximum absolute atomic E-state index is 11.8. The molecule has 0 aromatic heterocycles. The van der Waals surface area contributed by atoms with Gasteiger partial charge in [-0.25, -0.2) is 0 Å². The fourth-order valence-corrected chi connectivity index (χ4v) is 1.74. The molecule has 0 amide bonds. The van der Waals surface area contributed by atoms with Crippen molar-refractivity contribution < 1.29 is 14.6 Å². The third-order valence-electron chi connectivity index (χ3n) is 2.23. The highest BCUT2D eigenvalue weighted by Crippen LogP contribution is 2.28. The molecule has 4 nitrogen and oxygen atoms in total. The summed E-state index contributed by atoms with van der Waals surface area (Å²) in [6, 6.07) is 3.15. The van der Waals surface area contributed by atoms with E-state index in [0.29, 0.717) is 10.8 Å². The summed E-state index contributed by atoms with van der Waals surface area (Å²) in [5.74, 6) is -0.0631. The Labute approximate surface area is 99.0 Å². The van der Waals surface area contributed by atoms with E-state index in [0.717, 1.165) is 5.56 Å². The SMILES string of the molecule is COc1c(C)cc(Cl)cc1C(=O)C(O)CN. The molecule has 0 heterocycles. The average Bonchev–Trinajstić information content (AvgIpc) is 2.26. The van der Waals surface area contributed by atoms with E-state index < -0.39 is 11.9 Å². The van der Waals surface area contributed by atoms with Gasteiger partial charge in [0.1, 0.15) is 11.9 Å². The van der Waals surface area contributed by atoms with Crippen molar-refractivity contribution in [2.24, 2.45) is 5.73 Å². The molecule has 0 fully saturated rings. The Morgan fingerprint density at radius 3 is 2.75 bits per heavy atom. The monoisotopic (exact) mass is 243 g/mol. The van der Waals surface area contributed by atoms with Crippen LogP contribution >= 0.6 is 11.6 Å². The molecule has 1 unspecified atom stereocenters. The lowest BCUT2D eigenvalue weighted by atomic mass is 10.0. The highest BCUT2D eigenvalue weighted by molar-refractivity contribution is 6.31. The summed E-state index contributed by atoms with van der Waals surface area (Å²) >= 11 is 5.85. The highest BCUT2D eigenvalue weighted by Gasteiger charge is 2.21. The van der Waals surface area contributed by atoms with Crippen molar-refractivity contribution in [2.45, 2.75) is 13.0 Å². The van der Waals surface area contributed by atoms with Crippen molar-refractivity contribution in [1.29, 1.82) is 0 Å². The quantitative estimate of drug-likeness (QED) is 0.779. The molecule has 1 aromatic carbocycles. The van der Waals surface area contributed by atoms with Crippen LogP contribution in [0.25, 0.3) is 0 Å². The van der Waals surface area contributed by atoms with E-state index >= 15 is 0 Å². The maximum atomic E-state index is 11.8. The number of benzene rings is 1. The van der Waals surface area contributed by atoms with Crippen LogP contribution in [-0.4, -0.2) is 30.6 Å². The number of halogens is 1. The van der Waals surface area contributed by atoms with Gasteiger partial charge in [0.05, 0.1) is 12.7 Å². The standard InChI is InChI=1S/C11H14ClNO3/c1-6-3-7(12)4-8(11(6)16-2)10(15)9(14)5-13/h3-4,9,14H,5,13H2,1-2H3. The second-order valence-corrected chi connectivity index (χ2v) is 3.86. The Kier molecular flexibility index (Phi) is 4.29. The molecule has 0 saturated carbocycles. The van der Waals surface area contributed by atoms with Gasteiger partial charge in [-0.3, -0.25) is 4.79 Å². The Balaban J connectivity index is 3.26. The first-order valence-electron chi connectivity index (χ1n) is 4.77. The number of carbonyl (C=O) groups excluding carboxylic acids is 1. The third kappa shape index (κ3) is 2.52. The van der Waals surface area contributed by atoms with Crippen molar-refractivity contribution in [2.75, 3.05) is 13.7 Å². The lowest BCUT2D eigenvalue weighted by Crippen LogP contribution is -2.29. The largest absolute Gasteiger partial charge is 0.496 e. The number of carbonyl (C=O) groups is 1. The molecule has 0 saturated heterocycles. The first-order chi connectivity index (χ1) is 7.51. The second kappa shape index (κ2) is 5.30. The van der Waals surface area contributed by atoms with Gasteiger partial charge in [-0.2, -0.15) is 0 Å². The molecule has 0 aliphatic heterocycles. The predicted molar refractivity (Wildman–Crippen MR) is 62.1 cm³/mol. The van der Waals surface area contributed by atoms with Gasteiger partial charge in [-0.1, -0.05) is 11.6 Å². The van der Waals surface area contributed by atoms with Gasteiger partial charge in [0.25, 0.3) is 0 Å². The van der Waals surface area contributed by atoms with Gasteiger partial charge in [-0.05, 0) is 24.6 Å². The minimum absolute atomic E-state index is 0.131. The molecule has 3 N–H and O–H groups in total. The topological polar surface area (TPSA) is 72.5 Å². The zero-order valence-electron chi connectivity index (χ0n) is 9.16. The second-order valence-electron chi connectivity index (χ2n) is 3.42. The van der Waals surface area contributed by atoms with E-state index in [9.17, 15) is 9.90 Å². The molecule has 1 rings (SSSR count). The Morgan fingerprint density at radius 1 is 1.62 bits per heavy atom. The summed E-state index contributed by atoms with van der Waals surface area (Å²) in [7, 11) is 1.46. The third-order valence-corrected chi connectivity index (χ3v) is 2.45. The van der Waals surface area contributed by atoms with Crippen LogP contribution in [0.5, 0.6) is 5.75 Å². The van der Waals surface area contributed by atoms with Gasteiger partial charge in [0, 0.05) is 11.6 Å². The van der Waals surface area contributed by atoms with E-state index in [-0.39, 0.29) is 12.1 Å². The molecule has 0 aliphatic carbocycles. The van der Waals surface area contributed by atoms with Crippen LogP contribution in [0.4, 0.5) is 0 Å². The Hall–Kier alpha value is -1.10. The fourth-order valence-electron chi connectivity index (χ4n) is 1.47. The lowest BCUT2D eigenvalue weighted by Gasteiger charge is -2.13. The zero-order valence-corrected chi connectivity index (χ0v) is 9.91. The maximum Gasteiger partial charge on any atom is 0.196 e. The Morgan fingerprint density at radius 2 is 2.25 bits per heavy atom. The molecular weight excluding hydrogens is 230 g/mol. The molecule has 5 heteroatoms. The van der Waals surface area contributed by atoms with Gasteiger partial charge < -0.3 is 15.6 Å². The molecule has 1 aromatic rings. The zero-order chi connectivity index (χ0) is 12.3.